The number of unbranched alkanes of at least 4 members (excludes halogenated alkanes) is 2. The summed E-state index contributed by atoms with van der Waals surface area (Å²) in [4.78, 5) is 33.7. The number of amides is 1. The van der Waals surface area contributed by atoms with Crippen molar-refractivity contribution in [2.75, 3.05) is 25.2 Å². The van der Waals surface area contributed by atoms with Crippen LogP contribution in [0, 0.1) is 0 Å². The molecular weight excluding hydrogens is 391 g/mol. The third kappa shape index (κ3) is 18.4. The van der Waals surface area contributed by atoms with E-state index in [0.29, 0.717) is 25.4 Å². The molecule has 23 heavy (non-hydrogen) atoms. The maximum absolute atomic E-state index is 11.7. The van der Waals surface area contributed by atoms with E-state index in [2.05, 4.69) is 5.32 Å². The van der Waals surface area contributed by atoms with Crippen LogP contribution in [-0.4, -0.2) is 48.7 Å². The maximum Gasteiger partial charge on any atom is 0.222 e. The van der Waals surface area contributed by atoms with Crippen LogP contribution >= 0.6 is 11.8 Å². The monoisotopic (exact) mass is 422 g/mol. The molecule has 1 atom stereocenters. The van der Waals surface area contributed by atoms with Gasteiger partial charge >= 0.3 is 0 Å². The van der Waals surface area contributed by atoms with E-state index in [0.717, 1.165) is 19.3 Å². The minimum absolute atomic E-state index is 0. The first-order valence-corrected chi connectivity index (χ1v) is 8.72. The molecule has 0 spiro atoms. The van der Waals surface area contributed by atoms with Crippen LogP contribution < -0.4 is 5.32 Å². The standard InChI is InChI=1S/C15H27NO4S.CH4.Y/c1-12(17)7-5-4-6-9-20-10-8-15(19)16-14(11-21-3)13(2)18;;/h14H,4-11H2,1-3H3,(H,16,19);1H4;. The van der Waals surface area contributed by atoms with E-state index < -0.39 is 6.04 Å². The predicted octanol–water partition coefficient (Wildman–Crippen LogP) is 2.61. The van der Waals surface area contributed by atoms with Gasteiger partial charge in [0.05, 0.1) is 12.6 Å². The molecule has 0 saturated heterocycles. The topological polar surface area (TPSA) is 72.5 Å². The van der Waals surface area contributed by atoms with Gasteiger partial charge in [0, 0.05) is 57.9 Å². The number of hydrogen-bond acceptors (Lipinski definition) is 5. The summed E-state index contributed by atoms with van der Waals surface area (Å²) in [6.45, 7) is 4.05. The van der Waals surface area contributed by atoms with Gasteiger partial charge in [0.2, 0.25) is 5.91 Å². The van der Waals surface area contributed by atoms with Crippen molar-refractivity contribution in [3.63, 3.8) is 0 Å². The number of carbonyl (C=O) groups excluding carboxylic acids is 3. The molecule has 1 unspecified atom stereocenters. The minimum atomic E-state index is -0.404. The predicted molar refractivity (Wildman–Crippen MR) is 92.3 cm³/mol. The maximum atomic E-state index is 11.7. The SMILES string of the molecule is C.CSCC(NC(=O)CCOCCCCCC(C)=O)C(C)=O.[Y]. The Morgan fingerprint density at radius 1 is 1.04 bits per heavy atom. The fourth-order valence-corrected chi connectivity index (χ4v) is 2.37. The Hall–Kier alpha value is 0.224. The van der Waals surface area contributed by atoms with Crippen molar-refractivity contribution in [2.24, 2.45) is 0 Å². The number of ketones is 2. The number of rotatable bonds is 13. The fourth-order valence-electron chi connectivity index (χ4n) is 1.72. The molecule has 0 aromatic carbocycles. The molecule has 1 N–H and O–H groups in total. The van der Waals surface area contributed by atoms with E-state index in [4.69, 9.17) is 4.74 Å². The molecule has 0 heterocycles. The van der Waals surface area contributed by atoms with Crippen LogP contribution in [0.1, 0.15) is 53.4 Å². The van der Waals surface area contributed by atoms with E-state index in [9.17, 15) is 14.4 Å². The summed E-state index contributed by atoms with van der Waals surface area (Å²) in [5, 5.41) is 2.71. The van der Waals surface area contributed by atoms with Gasteiger partial charge in [-0.05, 0) is 32.9 Å². The van der Waals surface area contributed by atoms with Gasteiger partial charge in [0.15, 0.2) is 5.78 Å². The van der Waals surface area contributed by atoms with Crippen LogP contribution in [0.25, 0.3) is 0 Å². The summed E-state index contributed by atoms with van der Waals surface area (Å²) < 4.78 is 5.38. The zero-order valence-corrected chi connectivity index (χ0v) is 17.5. The molecule has 0 fully saturated rings. The number of hydrogen-bond donors (Lipinski definition) is 1. The number of thioether (sulfide) groups is 1. The van der Waals surface area contributed by atoms with Crippen LogP contribution in [0.3, 0.4) is 0 Å². The second kappa shape index (κ2) is 18.6. The van der Waals surface area contributed by atoms with Crippen molar-refractivity contribution < 1.29 is 51.8 Å². The molecule has 0 aromatic rings. The first-order valence-electron chi connectivity index (χ1n) is 7.33. The second-order valence-corrected chi connectivity index (χ2v) is 5.97. The molecule has 0 aliphatic carbocycles. The van der Waals surface area contributed by atoms with Gasteiger partial charge in [-0.3, -0.25) is 9.59 Å². The van der Waals surface area contributed by atoms with Crippen molar-refractivity contribution in [3.8, 4) is 0 Å². The Morgan fingerprint density at radius 2 is 1.70 bits per heavy atom. The van der Waals surface area contributed by atoms with Gasteiger partial charge in [0.1, 0.15) is 5.78 Å². The van der Waals surface area contributed by atoms with Crippen molar-refractivity contribution in [2.45, 2.75) is 59.4 Å². The van der Waals surface area contributed by atoms with Gasteiger partial charge in [-0.15, -0.1) is 0 Å². The van der Waals surface area contributed by atoms with Gasteiger partial charge in [0.25, 0.3) is 0 Å². The van der Waals surface area contributed by atoms with E-state index in [1.165, 1.54) is 18.7 Å². The quantitative estimate of drug-likeness (QED) is 0.462. The zero-order valence-electron chi connectivity index (χ0n) is 13.9. The molecule has 0 bridgehead atoms. The van der Waals surface area contributed by atoms with Gasteiger partial charge in [-0.2, -0.15) is 11.8 Å². The molecule has 7 heteroatoms. The number of nitrogens with one attached hydrogen (secondary N) is 1. The Morgan fingerprint density at radius 3 is 2.22 bits per heavy atom. The molecule has 0 aliphatic heterocycles. The smallest absolute Gasteiger partial charge is 0.222 e. The summed E-state index contributed by atoms with van der Waals surface area (Å²) in [6.07, 6.45) is 5.56. The average Bonchev–Trinajstić information content (AvgIpc) is 2.40. The molecule has 0 rings (SSSR count). The summed E-state index contributed by atoms with van der Waals surface area (Å²) in [5.74, 6) is 0.640. The van der Waals surface area contributed by atoms with Gasteiger partial charge in [-0.25, -0.2) is 0 Å². The van der Waals surface area contributed by atoms with Crippen molar-refractivity contribution >= 4 is 29.2 Å². The van der Waals surface area contributed by atoms with E-state index in [1.807, 2.05) is 6.26 Å². The van der Waals surface area contributed by atoms with Gasteiger partial charge in [-0.1, -0.05) is 13.8 Å². The normalized spacial score (nSPS) is 10.9. The number of Topliss-reactive ketones (excluding diaryl/α,β-unsaturated/α-hetero) is 2. The average molecular weight is 422 g/mol. The summed E-state index contributed by atoms with van der Waals surface area (Å²) >= 11 is 1.53. The van der Waals surface area contributed by atoms with E-state index in [-0.39, 0.29) is 64.0 Å². The van der Waals surface area contributed by atoms with E-state index in [1.54, 1.807) is 6.92 Å². The van der Waals surface area contributed by atoms with Crippen molar-refractivity contribution in [1.29, 1.82) is 0 Å². The minimum Gasteiger partial charge on any atom is -0.381 e. The van der Waals surface area contributed by atoms with Gasteiger partial charge < -0.3 is 14.8 Å². The van der Waals surface area contributed by atoms with Crippen LogP contribution in [0.2, 0.25) is 0 Å². The molecule has 5 nitrogen and oxygen atoms in total. The fraction of sp³-hybridized carbons (Fsp3) is 0.812. The summed E-state index contributed by atoms with van der Waals surface area (Å²) in [5.41, 5.74) is 0. The molecule has 0 saturated carbocycles. The number of carbonyl (C=O) groups is 3. The molecule has 0 aliphatic rings. The van der Waals surface area contributed by atoms with Crippen LogP contribution in [0.5, 0.6) is 0 Å². The van der Waals surface area contributed by atoms with Crippen LogP contribution in [-0.2, 0) is 51.8 Å². The summed E-state index contributed by atoms with van der Waals surface area (Å²) in [7, 11) is 0. The third-order valence-corrected chi connectivity index (χ3v) is 3.62. The molecule has 133 valence electrons. The van der Waals surface area contributed by atoms with E-state index >= 15 is 0 Å². The third-order valence-electron chi connectivity index (χ3n) is 2.95. The Bertz CT molecular complexity index is 340. The Kier molecular flexibility index (Phi) is 22.6. The van der Waals surface area contributed by atoms with Crippen LogP contribution in [0.4, 0.5) is 0 Å². The largest absolute Gasteiger partial charge is 0.381 e. The molecule has 0 aromatic heterocycles. The molecule has 1 amide bonds. The first-order chi connectivity index (χ1) is 9.97. The second-order valence-electron chi connectivity index (χ2n) is 5.06. The Labute approximate surface area is 170 Å². The van der Waals surface area contributed by atoms with Crippen molar-refractivity contribution in [1.82, 2.24) is 5.32 Å². The first kappa shape index (κ1) is 28.0. The zero-order chi connectivity index (χ0) is 16.1. The number of ether oxygens (including phenoxy) is 1. The summed E-state index contributed by atoms with van der Waals surface area (Å²) in [6, 6.07) is -0.404. The van der Waals surface area contributed by atoms with Crippen LogP contribution in [0.15, 0.2) is 0 Å². The Balaban J connectivity index is -0.00000200. The molecular formula is C16H31NO4SY. The molecule has 1 radical (unpaired) electrons. The van der Waals surface area contributed by atoms with Crippen molar-refractivity contribution in [3.05, 3.63) is 0 Å².